The molecule has 0 aliphatic rings. The topological polar surface area (TPSA) is 87.0 Å². The van der Waals surface area contributed by atoms with Crippen molar-refractivity contribution in [3.63, 3.8) is 0 Å². The number of fused-ring (bicyclic) bond motifs is 1. The molecule has 3 rings (SSSR count). The van der Waals surface area contributed by atoms with Crippen LogP contribution in [0, 0.1) is 0 Å². The summed E-state index contributed by atoms with van der Waals surface area (Å²) in [6.07, 6.45) is 4.21. The molecule has 7 heteroatoms. The normalized spacial score (nSPS) is 13.2. The minimum atomic E-state index is -0.694. The fourth-order valence-corrected chi connectivity index (χ4v) is 4.63. The maximum Gasteiger partial charge on any atom is 0.246 e. The lowest BCUT2D eigenvalue weighted by Crippen LogP contribution is -2.51. The van der Waals surface area contributed by atoms with E-state index in [0.717, 1.165) is 21.9 Å². The van der Waals surface area contributed by atoms with Crippen molar-refractivity contribution >= 4 is 28.5 Å². The van der Waals surface area contributed by atoms with Crippen LogP contribution in [0.25, 0.3) is 10.8 Å². The number of amides is 3. The van der Waals surface area contributed by atoms with E-state index in [0.29, 0.717) is 12.8 Å². The molecule has 0 fully saturated rings. The summed E-state index contributed by atoms with van der Waals surface area (Å²) in [6, 6.07) is 22.9. The summed E-state index contributed by atoms with van der Waals surface area (Å²) in [5, 5.41) is 2.07. The summed E-state index contributed by atoms with van der Waals surface area (Å²) in [5.41, 5.74) is 7.38. The van der Waals surface area contributed by atoms with Crippen LogP contribution in [0.4, 0.5) is 0 Å². The van der Waals surface area contributed by atoms with Gasteiger partial charge in [0.05, 0.1) is 5.92 Å². The summed E-state index contributed by atoms with van der Waals surface area (Å²) in [4.78, 5) is 45.1. The third kappa shape index (κ3) is 8.26. The molecule has 3 amide bonds. The van der Waals surface area contributed by atoms with Gasteiger partial charge in [0.2, 0.25) is 17.7 Å². The van der Waals surface area contributed by atoms with Crippen LogP contribution in [0.2, 0.25) is 0 Å². The molecule has 0 heterocycles. The van der Waals surface area contributed by atoms with Gasteiger partial charge in [0.1, 0.15) is 6.04 Å². The second-order valence-corrected chi connectivity index (χ2v) is 11.4. The fourth-order valence-electron chi connectivity index (χ4n) is 4.63. The molecule has 0 saturated heterocycles. The third-order valence-corrected chi connectivity index (χ3v) is 7.02. The quantitative estimate of drug-likeness (QED) is 0.368. The Balaban J connectivity index is 1.96. The Kier molecular flexibility index (Phi) is 10.2. The van der Waals surface area contributed by atoms with E-state index >= 15 is 0 Å². The van der Waals surface area contributed by atoms with E-state index in [-0.39, 0.29) is 24.3 Å². The number of benzene rings is 3. The summed E-state index contributed by atoms with van der Waals surface area (Å²) in [5.74, 6) is -1.27. The second kappa shape index (κ2) is 13.4. The highest BCUT2D eigenvalue weighted by atomic mass is 16.2. The first kappa shape index (κ1) is 30.6. The molecule has 40 heavy (non-hydrogen) atoms. The molecule has 2 N–H and O–H groups in total. The molecule has 0 aliphatic carbocycles. The number of likely N-dealkylation sites (N-methyl/N-ethyl adjacent to an activating group) is 3. The van der Waals surface area contributed by atoms with Crippen molar-refractivity contribution in [3.05, 3.63) is 96.1 Å². The standard InChI is InChI=1S/C33H42N4O3/c1-33(2,34)20-12-17-30(38)36(5)23-28(27-19-18-25-15-10-11-16-26(25)22-27)31(39)37(6)29(32(40)35(3)4)21-24-13-8-7-9-14-24/h7-19,22,28-29H,20-21,23,34H2,1-6H3/t28?,29-/m1/s1. The molecule has 0 saturated carbocycles. The van der Waals surface area contributed by atoms with E-state index in [9.17, 15) is 14.4 Å². The molecule has 0 bridgehead atoms. The van der Waals surface area contributed by atoms with Crippen molar-refractivity contribution in [2.75, 3.05) is 34.7 Å². The first-order valence-corrected chi connectivity index (χ1v) is 13.6. The first-order chi connectivity index (χ1) is 18.9. The van der Waals surface area contributed by atoms with Gasteiger partial charge in [0, 0.05) is 46.7 Å². The van der Waals surface area contributed by atoms with E-state index in [4.69, 9.17) is 5.73 Å². The van der Waals surface area contributed by atoms with Crippen LogP contribution < -0.4 is 5.73 Å². The van der Waals surface area contributed by atoms with Crippen LogP contribution in [0.3, 0.4) is 0 Å². The van der Waals surface area contributed by atoms with Crippen molar-refractivity contribution in [1.82, 2.24) is 14.7 Å². The van der Waals surface area contributed by atoms with Gasteiger partial charge in [0.25, 0.3) is 0 Å². The van der Waals surface area contributed by atoms with Crippen molar-refractivity contribution in [3.8, 4) is 0 Å². The van der Waals surface area contributed by atoms with Gasteiger partial charge in [-0.1, -0.05) is 78.9 Å². The largest absolute Gasteiger partial charge is 0.347 e. The lowest BCUT2D eigenvalue weighted by Gasteiger charge is -2.33. The summed E-state index contributed by atoms with van der Waals surface area (Å²) >= 11 is 0. The molecule has 2 atom stereocenters. The van der Waals surface area contributed by atoms with E-state index in [1.54, 1.807) is 44.1 Å². The van der Waals surface area contributed by atoms with Gasteiger partial charge in [-0.15, -0.1) is 0 Å². The van der Waals surface area contributed by atoms with Crippen molar-refractivity contribution < 1.29 is 14.4 Å². The van der Waals surface area contributed by atoms with Crippen molar-refractivity contribution in [2.45, 2.75) is 44.2 Å². The predicted octanol–water partition coefficient (Wildman–Crippen LogP) is 4.22. The number of carbonyl (C=O) groups excluding carboxylic acids is 3. The monoisotopic (exact) mass is 542 g/mol. The Hall–Kier alpha value is -3.97. The summed E-state index contributed by atoms with van der Waals surface area (Å²) < 4.78 is 0. The first-order valence-electron chi connectivity index (χ1n) is 13.6. The minimum Gasteiger partial charge on any atom is -0.347 e. The van der Waals surface area contributed by atoms with Gasteiger partial charge in [-0.3, -0.25) is 14.4 Å². The molecular formula is C33H42N4O3. The fraction of sp³-hybridized carbons (Fsp3) is 0.364. The molecule has 7 nitrogen and oxygen atoms in total. The van der Waals surface area contributed by atoms with E-state index in [1.807, 2.05) is 86.6 Å². The molecule has 0 aromatic heterocycles. The summed E-state index contributed by atoms with van der Waals surface area (Å²) in [7, 11) is 6.76. The maximum absolute atomic E-state index is 14.2. The maximum atomic E-state index is 14.2. The zero-order valence-electron chi connectivity index (χ0n) is 24.5. The second-order valence-electron chi connectivity index (χ2n) is 11.4. The van der Waals surface area contributed by atoms with Crippen molar-refractivity contribution in [2.24, 2.45) is 5.73 Å². The SMILES string of the molecule is CN(C)C(=O)[C@@H](Cc1ccccc1)N(C)C(=O)C(CN(C)C(=O)C=CCC(C)(C)N)c1ccc2ccccc2c1. The Morgan fingerprint density at radius 2 is 1.48 bits per heavy atom. The predicted molar refractivity (Wildman–Crippen MR) is 162 cm³/mol. The van der Waals surface area contributed by atoms with Crippen LogP contribution in [-0.4, -0.2) is 78.7 Å². The zero-order chi connectivity index (χ0) is 29.4. The highest BCUT2D eigenvalue weighted by Crippen LogP contribution is 2.26. The summed E-state index contributed by atoms with van der Waals surface area (Å²) in [6.45, 7) is 3.96. The zero-order valence-corrected chi connectivity index (χ0v) is 24.5. The van der Waals surface area contributed by atoms with E-state index in [1.165, 1.54) is 11.0 Å². The highest BCUT2D eigenvalue weighted by Gasteiger charge is 2.34. The Morgan fingerprint density at radius 1 is 0.850 bits per heavy atom. The average molecular weight is 543 g/mol. The van der Waals surface area contributed by atoms with Gasteiger partial charge >= 0.3 is 0 Å². The number of nitrogens with zero attached hydrogens (tertiary/aromatic N) is 3. The lowest BCUT2D eigenvalue weighted by atomic mass is 9.93. The third-order valence-electron chi connectivity index (χ3n) is 7.02. The molecule has 3 aromatic rings. The lowest BCUT2D eigenvalue weighted by molar-refractivity contribution is -0.144. The van der Waals surface area contributed by atoms with Crippen LogP contribution in [0.15, 0.2) is 84.9 Å². The average Bonchev–Trinajstić information content (AvgIpc) is 2.92. The van der Waals surface area contributed by atoms with Crippen LogP contribution >= 0.6 is 0 Å². The molecule has 212 valence electrons. The van der Waals surface area contributed by atoms with E-state index in [2.05, 4.69) is 0 Å². The molecule has 0 aliphatic heterocycles. The Morgan fingerprint density at radius 3 is 2.10 bits per heavy atom. The van der Waals surface area contributed by atoms with Gasteiger partial charge in [-0.25, -0.2) is 0 Å². The molecule has 3 aromatic carbocycles. The van der Waals surface area contributed by atoms with Crippen LogP contribution in [0.1, 0.15) is 37.3 Å². The number of rotatable bonds is 11. The molecule has 0 spiro atoms. The number of carbonyl (C=O) groups is 3. The minimum absolute atomic E-state index is 0.158. The van der Waals surface area contributed by atoms with Crippen LogP contribution in [0.5, 0.6) is 0 Å². The Labute approximate surface area is 238 Å². The number of hydrogen-bond acceptors (Lipinski definition) is 4. The molecule has 0 radical (unpaired) electrons. The van der Waals surface area contributed by atoms with Gasteiger partial charge in [0.15, 0.2) is 0 Å². The Bertz CT molecular complexity index is 1340. The van der Waals surface area contributed by atoms with Crippen LogP contribution in [-0.2, 0) is 20.8 Å². The highest BCUT2D eigenvalue weighted by molar-refractivity contribution is 5.93. The van der Waals surface area contributed by atoms with Gasteiger partial charge in [-0.05, 0) is 48.2 Å². The smallest absolute Gasteiger partial charge is 0.246 e. The molecule has 1 unspecified atom stereocenters. The van der Waals surface area contributed by atoms with Gasteiger partial charge < -0.3 is 20.4 Å². The molecular weight excluding hydrogens is 500 g/mol. The van der Waals surface area contributed by atoms with Gasteiger partial charge in [-0.2, -0.15) is 0 Å². The number of hydrogen-bond donors (Lipinski definition) is 1. The number of nitrogens with two attached hydrogens (primary N) is 1. The van der Waals surface area contributed by atoms with E-state index < -0.39 is 17.5 Å². The van der Waals surface area contributed by atoms with Crippen molar-refractivity contribution in [1.29, 1.82) is 0 Å².